The minimum Gasteiger partial charge on any atom is -0.497 e. The van der Waals surface area contributed by atoms with Crippen LogP contribution in [0.4, 0.5) is 0 Å². The molecule has 218 valence electrons. The Labute approximate surface area is 251 Å². The Morgan fingerprint density at radius 1 is 0.744 bits per heavy atom. The molecule has 8 heteroatoms. The zero-order chi connectivity index (χ0) is 30.1. The summed E-state index contributed by atoms with van der Waals surface area (Å²) in [5, 5.41) is 0. The summed E-state index contributed by atoms with van der Waals surface area (Å²) in [6.45, 7) is 10.4. The van der Waals surface area contributed by atoms with Crippen LogP contribution in [0, 0.1) is 6.92 Å². The lowest BCUT2D eigenvalue weighted by Gasteiger charge is -2.36. The predicted molar refractivity (Wildman–Crippen MR) is 162 cm³/mol. The Kier molecular flexibility index (Phi) is 6.17. The summed E-state index contributed by atoms with van der Waals surface area (Å²) in [6.07, 6.45) is 0. The molecule has 3 aliphatic rings. The number of esters is 1. The van der Waals surface area contributed by atoms with Gasteiger partial charge in [-0.05, 0) is 87.6 Å². The van der Waals surface area contributed by atoms with E-state index in [2.05, 4.69) is 0 Å². The third kappa shape index (κ3) is 4.31. The van der Waals surface area contributed by atoms with Gasteiger partial charge in [0.15, 0.2) is 5.60 Å². The average molecular weight is 576 g/mol. The van der Waals surface area contributed by atoms with E-state index in [9.17, 15) is 4.79 Å². The van der Waals surface area contributed by atoms with Crippen LogP contribution >= 0.6 is 0 Å². The molecule has 3 heterocycles. The number of methoxy groups -OCH3 is 1. The monoisotopic (exact) mass is 576 g/mol. The lowest BCUT2D eigenvalue weighted by molar-refractivity contribution is 0.00578. The van der Waals surface area contributed by atoms with Crippen LogP contribution < -0.4 is 19.7 Å². The summed E-state index contributed by atoms with van der Waals surface area (Å²) in [4.78, 5) is 13.6. The first-order valence-electron chi connectivity index (χ1n) is 14.4. The average Bonchev–Trinajstić information content (AvgIpc) is 3.39. The molecular formula is C35H33BO7. The number of rotatable bonds is 5. The van der Waals surface area contributed by atoms with Crippen LogP contribution in [0.5, 0.6) is 23.0 Å². The van der Waals surface area contributed by atoms with Crippen molar-refractivity contribution in [3.05, 3.63) is 112 Å². The van der Waals surface area contributed by atoms with Crippen LogP contribution in [-0.2, 0) is 26.3 Å². The SMILES string of the molecule is COc1ccc(COc2ccc3c(c2)Oc2cc(C)ccc2C32OC(=O)c3cc(B4OC(C)(C)C(C)(C)O4)ccc32)cc1. The molecule has 4 aromatic rings. The van der Waals surface area contributed by atoms with Gasteiger partial charge >= 0.3 is 13.1 Å². The molecule has 3 aliphatic heterocycles. The van der Waals surface area contributed by atoms with E-state index < -0.39 is 29.9 Å². The number of hydrogen-bond acceptors (Lipinski definition) is 7. The Hall–Kier alpha value is -4.27. The molecule has 0 aliphatic carbocycles. The largest absolute Gasteiger partial charge is 0.497 e. The number of carbonyl (C=O) groups excluding carboxylic acids is 1. The normalized spacial score (nSPS) is 20.6. The highest BCUT2D eigenvalue weighted by atomic mass is 16.7. The first-order chi connectivity index (χ1) is 20.5. The third-order valence-electron chi connectivity index (χ3n) is 9.05. The van der Waals surface area contributed by atoms with Gasteiger partial charge in [0.1, 0.15) is 29.6 Å². The summed E-state index contributed by atoms with van der Waals surface area (Å²) in [5.41, 5.74) is 3.37. The van der Waals surface area contributed by atoms with Gasteiger partial charge in [-0.15, -0.1) is 0 Å². The van der Waals surface area contributed by atoms with Crippen molar-refractivity contribution < 1.29 is 33.1 Å². The fraction of sp³-hybridized carbons (Fsp3) is 0.286. The molecule has 1 unspecified atom stereocenters. The number of carbonyl (C=O) groups is 1. The van der Waals surface area contributed by atoms with Crippen LogP contribution in [0.1, 0.15) is 65.9 Å². The summed E-state index contributed by atoms with van der Waals surface area (Å²) in [5.74, 6) is 2.23. The minimum atomic E-state index is -1.17. The zero-order valence-corrected chi connectivity index (χ0v) is 25.1. The topological polar surface area (TPSA) is 72.5 Å². The van der Waals surface area contributed by atoms with Gasteiger partial charge in [0, 0.05) is 22.8 Å². The first kappa shape index (κ1) is 27.6. The summed E-state index contributed by atoms with van der Waals surface area (Å²) in [6, 6.07) is 25.1. The van der Waals surface area contributed by atoms with E-state index in [1.165, 1.54) is 0 Å². The molecule has 0 saturated carbocycles. The molecule has 7 nitrogen and oxygen atoms in total. The number of fused-ring (bicyclic) bond motifs is 6. The van der Waals surface area contributed by atoms with Gasteiger partial charge in [-0.2, -0.15) is 0 Å². The molecule has 1 spiro atoms. The highest BCUT2D eigenvalue weighted by Crippen LogP contribution is 2.56. The smallest absolute Gasteiger partial charge is 0.494 e. The second-order valence-corrected chi connectivity index (χ2v) is 12.4. The first-order valence-corrected chi connectivity index (χ1v) is 14.4. The zero-order valence-electron chi connectivity index (χ0n) is 25.1. The van der Waals surface area contributed by atoms with E-state index in [1.807, 2.05) is 113 Å². The van der Waals surface area contributed by atoms with E-state index in [4.69, 9.17) is 28.3 Å². The predicted octanol–water partition coefficient (Wildman–Crippen LogP) is 6.45. The van der Waals surface area contributed by atoms with Gasteiger partial charge in [-0.3, -0.25) is 0 Å². The molecule has 4 aromatic carbocycles. The molecule has 0 bridgehead atoms. The Bertz CT molecular complexity index is 1740. The molecule has 0 aromatic heterocycles. The lowest BCUT2D eigenvalue weighted by Crippen LogP contribution is -2.41. The Morgan fingerprint density at radius 3 is 2.07 bits per heavy atom. The molecule has 0 N–H and O–H groups in total. The Balaban J connectivity index is 1.28. The molecule has 0 amide bonds. The van der Waals surface area contributed by atoms with Crippen LogP contribution in [0.3, 0.4) is 0 Å². The molecular weight excluding hydrogens is 543 g/mol. The molecule has 1 fully saturated rings. The fourth-order valence-corrected chi connectivity index (χ4v) is 5.94. The lowest BCUT2D eigenvalue weighted by atomic mass is 9.73. The van der Waals surface area contributed by atoms with Gasteiger partial charge in [0.25, 0.3) is 0 Å². The Morgan fingerprint density at radius 2 is 1.37 bits per heavy atom. The van der Waals surface area contributed by atoms with E-state index in [-0.39, 0.29) is 0 Å². The van der Waals surface area contributed by atoms with E-state index in [0.29, 0.717) is 29.4 Å². The maximum Gasteiger partial charge on any atom is 0.494 e. The van der Waals surface area contributed by atoms with E-state index >= 15 is 0 Å². The van der Waals surface area contributed by atoms with Crippen molar-refractivity contribution in [3.8, 4) is 23.0 Å². The second-order valence-electron chi connectivity index (χ2n) is 12.4. The number of hydrogen-bond donors (Lipinski definition) is 0. The quantitative estimate of drug-likeness (QED) is 0.200. The number of ether oxygens (including phenoxy) is 4. The van der Waals surface area contributed by atoms with E-state index in [0.717, 1.165) is 39.0 Å². The molecule has 1 atom stereocenters. The summed E-state index contributed by atoms with van der Waals surface area (Å²) >= 11 is 0. The van der Waals surface area contributed by atoms with Gasteiger partial charge in [-0.1, -0.05) is 36.4 Å². The standard InChI is InChI=1S/C35H33BO7/c1-21-7-14-28-30(17-21)40-31-19-25(39-20-22-8-11-24(38-6)12-9-22)13-16-29(31)35(28)27-15-10-23(18-26(27)32(37)41-35)36-42-33(2,3)34(4,5)43-36/h7-19H,20H2,1-6H3. The fourth-order valence-electron chi connectivity index (χ4n) is 5.94. The van der Waals surface area contributed by atoms with E-state index in [1.54, 1.807) is 7.11 Å². The van der Waals surface area contributed by atoms with Crippen molar-refractivity contribution in [3.63, 3.8) is 0 Å². The molecule has 43 heavy (non-hydrogen) atoms. The third-order valence-corrected chi connectivity index (χ3v) is 9.05. The van der Waals surface area contributed by atoms with Crippen molar-refractivity contribution in [2.45, 2.75) is 58.0 Å². The highest BCUT2D eigenvalue weighted by molar-refractivity contribution is 6.62. The summed E-state index contributed by atoms with van der Waals surface area (Å²) in [7, 11) is 1.05. The van der Waals surface area contributed by atoms with Crippen LogP contribution in [0.15, 0.2) is 78.9 Å². The highest BCUT2D eigenvalue weighted by Gasteiger charge is 2.55. The summed E-state index contributed by atoms with van der Waals surface area (Å²) < 4.78 is 36.8. The minimum absolute atomic E-state index is 0.378. The molecule has 7 rings (SSSR count). The molecule has 0 radical (unpaired) electrons. The maximum absolute atomic E-state index is 13.6. The maximum atomic E-state index is 13.6. The van der Waals surface area contributed by atoms with Gasteiger partial charge < -0.3 is 28.3 Å². The number of aryl methyl sites for hydroxylation is 1. The van der Waals surface area contributed by atoms with Gasteiger partial charge in [0.2, 0.25) is 0 Å². The van der Waals surface area contributed by atoms with Crippen molar-refractivity contribution in [2.75, 3.05) is 7.11 Å². The van der Waals surface area contributed by atoms with Crippen LogP contribution in [0.25, 0.3) is 0 Å². The van der Waals surface area contributed by atoms with Crippen molar-refractivity contribution in [1.29, 1.82) is 0 Å². The van der Waals surface area contributed by atoms with Crippen LogP contribution in [0.2, 0.25) is 0 Å². The van der Waals surface area contributed by atoms with Crippen molar-refractivity contribution in [1.82, 2.24) is 0 Å². The van der Waals surface area contributed by atoms with Crippen molar-refractivity contribution in [2.24, 2.45) is 0 Å². The molecule has 1 saturated heterocycles. The van der Waals surface area contributed by atoms with Gasteiger partial charge in [-0.25, -0.2) is 4.79 Å². The second kappa shape index (κ2) is 9.63. The van der Waals surface area contributed by atoms with Crippen LogP contribution in [-0.4, -0.2) is 31.4 Å². The van der Waals surface area contributed by atoms with Gasteiger partial charge in [0.05, 0.1) is 23.9 Å². The van der Waals surface area contributed by atoms with Crippen molar-refractivity contribution >= 4 is 18.6 Å². The number of benzene rings is 4.